The average Bonchev–Trinajstić information content (AvgIpc) is 2.50. The fourth-order valence-corrected chi connectivity index (χ4v) is 2.57. The second-order valence-corrected chi connectivity index (χ2v) is 5.18. The highest BCUT2D eigenvalue weighted by Gasteiger charge is 2.36. The lowest BCUT2D eigenvalue weighted by atomic mass is 9.92. The van der Waals surface area contributed by atoms with Crippen LogP contribution in [-0.4, -0.2) is 42.9 Å². The topological polar surface area (TPSA) is 38.8 Å². The Hall–Kier alpha value is -0.770. The van der Waals surface area contributed by atoms with Crippen LogP contribution in [0.25, 0.3) is 0 Å². The molecule has 4 nitrogen and oxygen atoms in total. The zero-order valence-corrected chi connectivity index (χ0v) is 10.3. The molecule has 0 spiro atoms. The highest BCUT2D eigenvalue weighted by Crippen LogP contribution is 2.28. The molecule has 0 aromatic carbocycles. The molecule has 1 heterocycles. The number of nitrogens with zero attached hydrogens (tertiary/aromatic N) is 1. The summed E-state index contributed by atoms with van der Waals surface area (Å²) in [5.41, 5.74) is 0. The predicted molar refractivity (Wildman–Crippen MR) is 60.2 cm³/mol. The van der Waals surface area contributed by atoms with Crippen LogP contribution in [0.15, 0.2) is 0 Å². The molecule has 2 unspecified atom stereocenters. The van der Waals surface area contributed by atoms with Crippen molar-refractivity contribution in [1.82, 2.24) is 4.90 Å². The maximum atomic E-state index is 11.9. The molecule has 1 saturated heterocycles. The average molecular weight is 227 g/mol. The molecule has 4 heteroatoms. The molecule has 2 rings (SSSR count). The lowest BCUT2D eigenvalue weighted by molar-refractivity contribution is -0.0642. The number of hydrogen-bond donors (Lipinski definition) is 0. The fourth-order valence-electron chi connectivity index (χ4n) is 2.57. The van der Waals surface area contributed by atoms with E-state index < -0.39 is 0 Å². The van der Waals surface area contributed by atoms with E-state index in [0.29, 0.717) is 12.0 Å². The number of methoxy groups -OCH3 is 1. The highest BCUT2D eigenvalue weighted by atomic mass is 16.6. The third-order valence-electron chi connectivity index (χ3n) is 3.67. The molecular formula is C12H21NO3. The number of hydrogen-bond acceptors (Lipinski definition) is 3. The molecular weight excluding hydrogens is 206 g/mol. The van der Waals surface area contributed by atoms with Crippen LogP contribution in [0.5, 0.6) is 0 Å². The van der Waals surface area contributed by atoms with Gasteiger partial charge in [-0.3, -0.25) is 0 Å². The van der Waals surface area contributed by atoms with Crippen LogP contribution in [0.2, 0.25) is 0 Å². The van der Waals surface area contributed by atoms with Crippen molar-refractivity contribution in [1.29, 1.82) is 0 Å². The van der Waals surface area contributed by atoms with Crippen molar-refractivity contribution >= 4 is 6.09 Å². The zero-order valence-electron chi connectivity index (χ0n) is 10.3. The van der Waals surface area contributed by atoms with Gasteiger partial charge in [-0.25, -0.2) is 4.79 Å². The third-order valence-corrected chi connectivity index (χ3v) is 3.67. The van der Waals surface area contributed by atoms with Gasteiger partial charge in [0.05, 0.1) is 6.10 Å². The Kier molecular flexibility index (Phi) is 3.38. The SMILES string of the molecule is COC1CC(OC(=O)N2CC(C)CC2C)C1. The van der Waals surface area contributed by atoms with Crippen LogP contribution >= 0.6 is 0 Å². The minimum atomic E-state index is -0.142. The van der Waals surface area contributed by atoms with E-state index in [9.17, 15) is 4.79 Å². The Bertz CT molecular complexity index is 263. The molecule has 0 aromatic rings. The van der Waals surface area contributed by atoms with Gasteiger partial charge in [0.2, 0.25) is 0 Å². The molecule has 0 radical (unpaired) electrons. The first-order chi connectivity index (χ1) is 7.60. The summed E-state index contributed by atoms with van der Waals surface area (Å²) in [6.45, 7) is 5.10. The van der Waals surface area contributed by atoms with E-state index in [4.69, 9.17) is 9.47 Å². The van der Waals surface area contributed by atoms with E-state index in [1.165, 1.54) is 0 Å². The summed E-state index contributed by atoms with van der Waals surface area (Å²) < 4.78 is 10.6. The van der Waals surface area contributed by atoms with Crippen molar-refractivity contribution in [2.45, 2.75) is 51.4 Å². The summed E-state index contributed by atoms with van der Waals surface area (Å²) in [5.74, 6) is 0.593. The van der Waals surface area contributed by atoms with Crippen LogP contribution in [0.4, 0.5) is 4.79 Å². The molecule has 1 saturated carbocycles. The Balaban J connectivity index is 1.76. The van der Waals surface area contributed by atoms with Crippen molar-refractivity contribution in [3.8, 4) is 0 Å². The lowest BCUT2D eigenvalue weighted by Gasteiger charge is -2.35. The van der Waals surface area contributed by atoms with E-state index in [1.54, 1.807) is 7.11 Å². The molecule has 1 aliphatic carbocycles. The molecule has 1 amide bonds. The quantitative estimate of drug-likeness (QED) is 0.724. The van der Waals surface area contributed by atoms with E-state index >= 15 is 0 Å². The summed E-state index contributed by atoms with van der Waals surface area (Å²) in [7, 11) is 1.70. The smallest absolute Gasteiger partial charge is 0.410 e. The first kappa shape index (κ1) is 11.7. The van der Waals surface area contributed by atoms with Crippen molar-refractivity contribution in [3.63, 3.8) is 0 Å². The molecule has 16 heavy (non-hydrogen) atoms. The van der Waals surface area contributed by atoms with Crippen LogP contribution in [-0.2, 0) is 9.47 Å². The highest BCUT2D eigenvalue weighted by molar-refractivity contribution is 5.68. The van der Waals surface area contributed by atoms with Crippen LogP contribution in [0, 0.1) is 5.92 Å². The maximum absolute atomic E-state index is 11.9. The minimum Gasteiger partial charge on any atom is -0.446 e. The molecule has 92 valence electrons. The molecule has 2 fully saturated rings. The standard InChI is InChI=1S/C12H21NO3/c1-8-4-9(2)13(7-8)12(14)16-11-5-10(6-11)15-3/h8-11H,4-7H2,1-3H3. The summed E-state index contributed by atoms with van der Waals surface area (Å²) in [6, 6.07) is 0.320. The Morgan fingerprint density at radius 1 is 1.19 bits per heavy atom. The summed E-state index contributed by atoms with van der Waals surface area (Å²) in [6.07, 6.45) is 2.99. The van der Waals surface area contributed by atoms with Crippen molar-refractivity contribution in [3.05, 3.63) is 0 Å². The predicted octanol–water partition coefficient (Wildman–Crippen LogP) is 2.03. The second-order valence-electron chi connectivity index (χ2n) is 5.18. The number of ether oxygens (including phenoxy) is 2. The zero-order chi connectivity index (χ0) is 11.7. The van der Waals surface area contributed by atoms with Crippen LogP contribution in [0.3, 0.4) is 0 Å². The lowest BCUT2D eigenvalue weighted by Crippen LogP contribution is -2.43. The largest absolute Gasteiger partial charge is 0.446 e. The van der Waals surface area contributed by atoms with Gasteiger partial charge >= 0.3 is 6.09 Å². The van der Waals surface area contributed by atoms with Gasteiger partial charge in [0.15, 0.2) is 0 Å². The van der Waals surface area contributed by atoms with Crippen LogP contribution in [0.1, 0.15) is 33.1 Å². The number of rotatable bonds is 2. The van der Waals surface area contributed by atoms with Crippen LogP contribution < -0.4 is 0 Å². The monoisotopic (exact) mass is 227 g/mol. The summed E-state index contributed by atoms with van der Waals surface area (Å²) in [5, 5.41) is 0. The van der Waals surface area contributed by atoms with Gasteiger partial charge in [-0.05, 0) is 19.3 Å². The molecule has 0 aromatic heterocycles. The van der Waals surface area contributed by atoms with Crippen molar-refractivity contribution in [2.24, 2.45) is 5.92 Å². The summed E-state index contributed by atoms with van der Waals surface area (Å²) >= 11 is 0. The molecule has 0 bridgehead atoms. The second kappa shape index (κ2) is 4.62. The maximum Gasteiger partial charge on any atom is 0.410 e. The Morgan fingerprint density at radius 2 is 1.88 bits per heavy atom. The van der Waals surface area contributed by atoms with Gasteiger partial charge in [0, 0.05) is 32.5 Å². The van der Waals surface area contributed by atoms with Gasteiger partial charge < -0.3 is 14.4 Å². The van der Waals surface area contributed by atoms with E-state index in [1.807, 2.05) is 4.90 Å². The number of carbonyl (C=O) groups is 1. The van der Waals surface area contributed by atoms with Gasteiger partial charge in [-0.15, -0.1) is 0 Å². The first-order valence-corrected chi connectivity index (χ1v) is 6.10. The number of likely N-dealkylation sites (tertiary alicyclic amines) is 1. The molecule has 0 N–H and O–H groups in total. The number of carbonyl (C=O) groups excluding carboxylic acids is 1. The fraction of sp³-hybridized carbons (Fsp3) is 0.917. The third kappa shape index (κ3) is 2.32. The van der Waals surface area contributed by atoms with E-state index in [-0.39, 0.29) is 18.3 Å². The van der Waals surface area contributed by atoms with Gasteiger partial charge in [0.1, 0.15) is 6.10 Å². The normalized spacial score (nSPS) is 38.3. The number of amides is 1. The van der Waals surface area contributed by atoms with Gasteiger partial charge in [0.25, 0.3) is 0 Å². The van der Waals surface area contributed by atoms with Gasteiger partial charge in [-0.1, -0.05) is 6.92 Å². The summed E-state index contributed by atoms with van der Waals surface area (Å²) in [4.78, 5) is 13.7. The first-order valence-electron chi connectivity index (χ1n) is 6.10. The van der Waals surface area contributed by atoms with Crippen molar-refractivity contribution < 1.29 is 14.3 Å². The van der Waals surface area contributed by atoms with Gasteiger partial charge in [-0.2, -0.15) is 0 Å². The minimum absolute atomic E-state index is 0.0700. The molecule has 2 atom stereocenters. The van der Waals surface area contributed by atoms with Crippen molar-refractivity contribution in [2.75, 3.05) is 13.7 Å². The molecule has 2 aliphatic rings. The molecule has 1 aliphatic heterocycles. The Morgan fingerprint density at radius 3 is 2.38 bits per heavy atom. The van der Waals surface area contributed by atoms with E-state index in [2.05, 4.69) is 13.8 Å². The van der Waals surface area contributed by atoms with E-state index in [0.717, 1.165) is 25.8 Å². The Labute approximate surface area is 96.9 Å².